The van der Waals surface area contributed by atoms with Gasteiger partial charge in [0.2, 0.25) is 11.8 Å². The van der Waals surface area contributed by atoms with E-state index in [-0.39, 0.29) is 34.1 Å². The molecule has 4 rings (SSSR count). The molecule has 4 nitrogen and oxygen atoms in total. The predicted molar refractivity (Wildman–Crippen MR) is 107 cm³/mol. The summed E-state index contributed by atoms with van der Waals surface area (Å²) in [6, 6.07) is 0.366. The van der Waals surface area contributed by atoms with Crippen LogP contribution in [0.2, 0.25) is 0 Å². The molecule has 4 heteroatoms. The highest BCUT2D eigenvalue weighted by atomic mass is 16.2. The molecule has 4 aliphatic rings. The molecule has 0 radical (unpaired) electrons. The van der Waals surface area contributed by atoms with E-state index in [0.29, 0.717) is 24.3 Å². The molecule has 0 bridgehead atoms. The van der Waals surface area contributed by atoms with E-state index >= 15 is 0 Å². The molecule has 0 spiro atoms. The average molecular weight is 375 g/mol. The fourth-order valence-electron chi connectivity index (χ4n) is 7.59. The Morgan fingerprint density at radius 2 is 1.70 bits per heavy atom. The molecule has 4 fully saturated rings. The highest BCUT2D eigenvalue weighted by molar-refractivity contribution is 5.80. The molecular formula is C23H38N2O2. The third-order valence-corrected chi connectivity index (χ3v) is 8.91. The first-order chi connectivity index (χ1) is 12.5. The number of hydrogen-bond donors (Lipinski definition) is 2. The van der Waals surface area contributed by atoms with Gasteiger partial charge in [0.25, 0.3) is 0 Å². The molecule has 3 aliphatic carbocycles. The summed E-state index contributed by atoms with van der Waals surface area (Å²) in [5, 5.41) is 6.57. The zero-order chi connectivity index (χ0) is 19.6. The summed E-state index contributed by atoms with van der Waals surface area (Å²) < 4.78 is 0. The quantitative estimate of drug-likeness (QED) is 0.728. The lowest BCUT2D eigenvalue weighted by atomic mass is 9.47. The Hall–Kier alpha value is -1.06. The van der Waals surface area contributed by atoms with E-state index in [2.05, 4.69) is 45.3 Å². The minimum absolute atomic E-state index is 0.150. The second-order valence-electron chi connectivity index (χ2n) is 11.5. The largest absolute Gasteiger partial charge is 0.353 e. The zero-order valence-electron chi connectivity index (χ0n) is 17.9. The van der Waals surface area contributed by atoms with Gasteiger partial charge in [-0.25, -0.2) is 0 Å². The van der Waals surface area contributed by atoms with E-state index < -0.39 is 0 Å². The molecule has 0 aromatic carbocycles. The van der Waals surface area contributed by atoms with E-state index in [1.807, 2.05) is 0 Å². The Kier molecular flexibility index (Phi) is 4.44. The number of amides is 2. The van der Waals surface area contributed by atoms with Crippen LogP contribution in [0.15, 0.2) is 0 Å². The Morgan fingerprint density at radius 3 is 2.41 bits per heavy atom. The number of hydrogen-bond acceptors (Lipinski definition) is 2. The van der Waals surface area contributed by atoms with Crippen LogP contribution in [0.3, 0.4) is 0 Å². The summed E-state index contributed by atoms with van der Waals surface area (Å²) in [6.45, 7) is 11.1. The van der Waals surface area contributed by atoms with Crippen molar-refractivity contribution >= 4 is 11.8 Å². The summed E-state index contributed by atoms with van der Waals surface area (Å²) in [4.78, 5) is 25.0. The number of carbonyl (C=O) groups excluding carboxylic acids is 2. The van der Waals surface area contributed by atoms with E-state index in [1.165, 1.54) is 19.3 Å². The van der Waals surface area contributed by atoms with Crippen molar-refractivity contribution < 1.29 is 9.59 Å². The van der Waals surface area contributed by atoms with Crippen LogP contribution < -0.4 is 10.6 Å². The molecule has 0 aromatic heterocycles. The van der Waals surface area contributed by atoms with Crippen molar-refractivity contribution in [3.63, 3.8) is 0 Å². The van der Waals surface area contributed by atoms with Crippen molar-refractivity contribution in [1.29, 1.82) is 0 Å². The molecular weight excluding hydrogens is 336 g/mol. The highest BCUT2D eigenvalue weighted by Crippen LogP contribution is 2.65. The fraction of sp³-hybridized carbons (Fsp3) is 0.913. The zero-order valence-corrected chi connectivity index (χ0v) is 17.9. The van der Waals surface area contributed by atoms with Gasteiger partial charge in [-0.15, -0.1) is 0 Å². The number of carbonyl (C=O) groups is 2. The van der Waals surface area contributed by atoms with Crippen LogP contribution in [0.5, 0.6) is 0 Å². The molecule has 3 saturated carbocycles. The molecule has 1 aliphatic heterocycles. The Bertz CT molecular complexity index is 639. The number of fused-ring (bicyclic) bond motifs is 5. The Balaban J connectivity index is 1.55. The van der Waals surface area contributed by atoms with Crippen LogP contribution in [0.4, 0.5) is 0 Å². The summed E-state index contributed by atoms with van der Waals surface area (Å²) in [5.41, 5.74) is 0.246. The van der Waals surface area contributed by atoms with Gasteiger partial charge in [0, 0.05) is 23.9 Å². The molecule has 2 N–H and O–H groups in total. The van der Waals surface area contributed by atoms with Crippen molar-refractivity contribution in [3.05, 3.63) is 0 Å². The molecule has 1 saturated heterocycles. The number of rotatable bonds is 1. The molecule has 2 amide bonds. The van der Waals surface area contributed by atoms with Crippen LogP contribution in [0, 0.1) is 34.5 Å². The third-order valence-electron chi connectivity index (χ3n) is 8.91. The third kappa shape index (κ3) is 3.02. The maximum Gasteiger partial charge on any atom is 0.224 e. The Labute approximate surface area is 164 Å². The van der Waals surface area contributed by atoms with Gasteiger partial charge < -0.3 is 10.6 Å². The summed E-state index contributed by atoms with van der Waals surface area (Å²) in [5.74, 6) is 2.79. The minimum Gasteiger partial charge on any atom is -0.353 e. The average Bonchev–Trinajstić information content (AvgIpc) is 2.91. The van der Waals surface area contributed by atoms with Crippen molar-refractivity contribution in [1.82, 2.24) is 10.6 Å². The SMILES string of the molecule is CC(C)(C)NC(=O)C1CC[C@H]2[C@@H]3CC[C@H]4NC(=O)CC[C@]4(C)[C@H]3CC[C@]12C. The standard InChI is InChI=1S/C23H38N2O2/c1-21(2,3)25-20(27)17-8-7-15-14-6-9-18-23(5,13-11-19(26)24-18)16(14)10-12-22(15,17)4/h14-18H,6-13H2,1-5H3,(H,24,26)(H,25,27)/t14-,15-,16-,17?,18+,22-,23+/m0/s1. The maximum absolute atomic E-state index is 13.0. The van der Waals surface area contributed by atoms with Gasteiger partial charge in [0.05, 0.1) is 0 Å². The first kappa shape index (κ1) is 19.3. The lowest BCUT2D eigenvalue weighted by molar-refractivity contribution is -0.142. The molecule has 0 aromatic rings. The lowest BCUT2D eigenvalue weighted by Gasteiger charge is -2.60. The second kappa shape index (κ2) is 6.22. The fourth-order valence-corrected chi connectivity index (χ4v) is 7.59. The minimum atomic E-state index is -0.158. The first-order valence-electron chi connectivity index (χ1n) is 11.2. The molecule has 1 heterocycles. The predicted octanol–water partition coefficient (Wildman–Crippen LogP) is 4.04. The van der Waals surface area contributed by atoms with Crippen molar-refractivity contribution in [2.24, 2.45) is 34.5 Å². The number of nitrogens with one attached hydrogen (secondary N) is 2. The molecule has 1 unspecified atom stereocenters. The van der Waals surface area contributed by atoms with Crippen molar-refractivity contribution in [3.8, 4) is 0 Å². The normalized spacial score (nSPS) is 46.7. The van der Waals surface area contributed by atoms with Gasteiger partial charge in [-0.05, 0) is 94.3 Å². The van der Waals surface area contributed by atoms with Gasteiger partial charge in [-0.1, -0.05) is 13.8 Å². The first-order valence-corrected chi connectivity index (χ1v) is 11.2. The van der Waals surface area contributed by atoms with Crippen molar-refractivity contribution in [2.75, 3.05) is 0 Å². The van der Waals surface area contributed by atoms with Crippen LogP contribution in [-0.2, 0) is 9.59 Å². The summed E-state index contributed by atoms with van der Waals surface area (Å²) >= 11 is 0. The number of piperidine rings is 1. The van der Waals surface area contributed by atoms with E-state index in [1.54, 1.807) is 0 Å². The maximum atomic E-state index is 13.0. The van der Waals surface area contributed by atoms with E-state index in [0.717, 1.165) is 31.6 Å². The van der Waals surface area contributed by atoms with Crippen LogP contribution >= 0.6 is 0 Å². The van der Waals surface area contributed by atoms with Crippen LogP contribution in [-0.4, -0.2) is 23.4 Å². The lowest BCUT2D eigenvalue weighted by Crippen LogP contribution is -2.61. The monoisotopic (exact) mass is 374 g/mol. The highest BCUT2D eigenvalue weighted by Gasteiger charge is 2.61. The van der Waals surface area contributed by atoms with Gasteiger partial charge in [-0.3, -0.25) is 9.59 Å². The van der Waals surface area contributed by atoms with E-state index in [9.17, 15) is 9.59 Å². The topological polar surface area (TPSA) is 58.2 Å². The van der Waals surface area contributed by atoms with E-state index in [4.69, 9.17) is 0 Å². The molecule has 152 valence electrons. The van der Waals surface area contributed by atoms with Gasteiger partial charge >= 0.3 is 0 Å². The second-order valence-corrected chi connectivity index (χ2v) is 11.5. The van der Waals surface area contributed by atoms with Crippen molar-refractivity contribution in [2.45, 2.75) is 97.6 Å². The molecule has 27 heavy (non-hydrogen) atoms. The summed E-state index contributed by atoms with van der Waals surface area (Å²) in [7, 11) is 0. The van der Waals surface area contributed by atoms with Gasteiger partial charge in [0.1, 0.15) is 0 Å². The van der Waals surface area contributed by atoms with Gasteiger partial charge in [-0.2, -0.15) is 0 Å². The Morgan fingerprint density at radius 1 is 1.00 bits per heavy atom. The smallest absolute Gasteiger partial charge is 0.224 e. The van der Waals surface area contributed by atoms with Crippen LogP contribution in [0.25, 0.3) is 0 Å². The summed E-state index contributed by atoms with van der Waals surface area (Å²) in [6.07, 6.45) is 8.71. The van der Waals surface area contributed by atoms with Crippen LogP contribution in [0.1, 0.15) is 86.0 Å². The molecule has 7 atom stereocenters. The van der Waals surface area contributed by atoms with Gasteiger partial charge in [0.15, 0.2) is 0 Å².